The van der Waals surface area contributed by atoms with E-state index in [0.29, 0.717) is 0 Å². The third-order valence-corrected chi connectivity index (χ3v) is 3.53. The van der Waals surface area contributed by atoms with Crippen LogP contribution in [0.25, 0.3) is 10.8 Å². The molecule has 4 nitrogen and oxygen atoms in total. The fourth-order valence-corrected chi connectivity index (χ4v) is 2.39. The number of hydrogen-bond acceptors (Lipinski definition) is 3. The van der Waals surface area contributed by atoms with Crippen LogP contribution in [0.15, 0.2) is 65.8 Å². The summed E-state index contributed by atoms with van der Waals surface area (Å²) in [5, 5.41) is 15.7. The number of aromatic hydroxyl groups is 1. The molecule has 0 saturated carbocycles. The summed E-state index contributed by atoms with van der Waals surface area (Å²) in [6.45, 7) is 1.99. The summed E-state index contributed by atoms with van der Waals surface area (Å²) >= 11 is 0. The highest BCUT2D eigenvalue weighted by atomic mass is 16.3. The van der Waals surface area contributed by atoms with Gasteiger partial charge in [0, 0.05) is 0 Å². The van der Waals surface area contributed by atoms with Crippen molar-refractivity contribution in [1.29, 1.82) is 0 Å². The SMILES string of the molecule is Cc1cccc(/C=N\NC(=O)c2cc3ccccc3cc2O)c1. The molecule has 0 radical (unpaired) electrons. The number of fused-ring (bicyclic) bond motifs is 1. The molecular weight excluding hydrogens is 288 g/mol. The van der Waals surface area contributed by atoms with Crippen molar-refractivity contribution in [2.24, 2.45) is 5.10 Å². The maximum absolute atomic E-state index is 12.2. The Bertz CT molecular complexity index is 901. The molecule has 3 aromatic rings. The van der Waals surface area contributed by atoms with Gasteiger partial charge in [-0.15, -0.1) is 0 Å². The fraction of sp³-hybridized carbons (Fsp3) is 0.0526. The number of hydrazone groups is 1. The van der Waals surface area contributed by atoms with Gasteiger partial charge >= 0.3 is 0 Å². The lowest BCUT2D eigenvalue weighted by Gasteiger charge is -2.05. The van der Waals surface area contributed by atoms with E-state index in [1.165, 1.54) is 0 Å². The zero-order chi connectivity index (χ0) is 16.2. The Labute approximate surface area is 134 Å². The van der Waals surface area contributed by atoms with Gasteiger partial charge in [-0.25, -0.2) is 5.43 Å². The molecule has 0 fully saturated rings. The molecule has 1 amide bonds. The number of phenolic OH excluding ortho intramolecular Hbond substituents is 1. The minimum Gasteiger partial charge on any atom is -0.507 e. The average molecular weight is 304 g/mol. The summed E-state index contributed by atoms with van der Waals surface area (Å²) in [7, 11) is 0. The first-order valence-corrected chi connectivity index (χ1v) is 7.25. The van der Waals surface area contributed by atoms with E-state index in [4.69, 9.17) is 0 Å². The summed E-state index contributed by atoms with van der Waals surface area (Å²) in [6.07, 6.45) is 1.57. The molecule has 0 aliphatic rings. The van der Waals surface area contributed by atoms with Gasteiger partial charge in [0.15, 0.2) is 0 Å². The number of phenols is 1. The molecule has 0 aliphatic heterocycles. The van der Waals surface area contributed by atoms with Crippen molar-refractivity contribution in [3.05, 3.63) is 77.4 Å². The van der Waals surface area contributed by atoms with Crippen LogP contribution in [-0.2, 0) is 0 Å². The molecule has 2 N–H and O–H groups in total. The van der Waals surface area contributed by atoms with Gasteiger partial charge < -0.3 is 5.11 Å². The second-order valence-corrected chi connectivity index (χ2v) is 5.33. The molecule has 0 atom stereocenters. The molecule has 0 spiro atoms. The van der Waals surface area contributed by atoms with E-state index in [-0.39, 0.29) is 11.3 Å². The predicted molar refractivity (Wildman–Crippen MR) is 91.9 cm³/mol. The highest BCUT2D eigenvalue weighted by Gasteiger charge is 2.11. The molecule has 0 saturated heterocycles. The lowest BCUT2D eigenvalue weighted by Crippen LogP contribution is -2.17. The number of carbonyl (C=O) groups excluding carboxylic acids is 1. The largest absolute Gasteiger partial charge is 0.507 e. The zero-order valence-corrected chi connectivity index (χ0v) is 12.7. The van der Waals surface area contributed by atoms with Gasteiger partial charge in [-0.3, -0.25) is 4.79 Å². The molecule has 0 bridgehead atoms. The molecule has 0 aromatic heterocycles. The molecule has 114 valence electrons. The van der Waals surface area contributed by atoms with E-state index in [0.717, 1.165) is 21.9 Å². The van der Waals surface area contributed by atoms with E-state index < -0.39 is 5.91 Å². The number of benzene rings is 3. The van der Waals surface area contributed by atoms with Crippen molar-refractivity contribution in [3.63, 3.8) is 0 Å². The first kappa shape index (κ1) is 14.8. The van der Waals surface area contributed by atoms with Gasteiger partial charge in [-0.05, 0) is 35.4 Å². The number of amides is 1. The second kappa shape index (κ2) is 6.32. The molecule has 0 heterocycles. The zero-order valence-electron chi connectivity index (χ0n) is 12.7. The third-order valence-electron chi connectivity index (χ3n) is 3.53. The lowest BCUT2D eigenvalue weighted by molar-refractivity contribution is 0.0952. The van der Waals surface area contributed by atoms with Gasteiger partial charge in [0.2, 0.25) is 0 Å². The summed E-state index contributed by atoms with van der Waals surface area (Å²) in [5.41, 5.74) is 4.66. The Hall–Kier alpha value is -3.14. The molecular formula is C19H16N2O2. The minimum atomic E-state index is -0.447. The highest BCUT2D eigenvalue weighted by molar-refractivity contribution is 6.01. The quantitative estimate of drug-likeness (QED) is 0.573. The summed E-state index contributed by atoms with van der Waals surface area (Å²) in [5.74, 6) is -0.510. The minimum absolute atomic E-state index is 0.0630. The van der Waals surface area contributed by atoms with E-state index in [1.54, 1.807) is 18.3 Å². The number of nitrogens with zero attached hydrogens (tertiary/aromatic N) is 1. The van der Waals surface area contributed by atoms with Crippen molar-refractivity contribution in [1.82, 2.24) is 5.43 Å². The average Bonchev–Trinajstić information content (AvgIpc) is 2.54. The van der Waals surface area contributed by atoms with E-state index in [2.05, 4.69) is 10.5 Å². The fourth-order valence-electron chi connectivity index (χ4n) is 2.39. The number of rotatable bonds is 3. The molecule has 3 aromatic carbocycles. The Kier molecular flexibility index (Phi) is 4.06. The maximum Gasteiger partial charge on any atom is 0.275 e. The van der Waals surface area contributed by atoms with Crippen molar-refractivity contribution < 1.29 is 9.90 Å². The monoisotopic (exact) mass is 304 g/mol. The van der Waals surface area contributed by atoms with Crippen LogP contribution in [0.2, 0.25) is 0 Å². The van der Waals surface area contributed by atoms with Crippen LogP contribution in [-0.4, -0.2) is 17.2 Å². The topological polar surface area (TPSA) is 61.7 Å². The highest BCUT2D eigenvalue weighted by Crippen LogP contribution is 2.24. The van der Waals surface area contributed by atoms with E-state index >= 15 is 0 Å². The van der Waals surface area contributed by atoms with E-state index in [9.17, 15) is 9.90 Å². The lowest BCUT2D eigenvalue weighted by atomic mass is 10.1. The van der Waals surface area contributed by atoms with Gasteiger partial charge in [-0.2, -0.15) is 5.10 Å². The van der Waals surface area contributed by atoms with Crippen LogP contribution < -0.4 is 5.43 Å². The van der Waals surface area contributed by atoms with Gasteiger partial charge in [0.25, 0.3) is 5.91 Å². The summed E-state index contributed by atoms with van der Waals surface area (Å²) in [6, 6.07) is 18.5. The Morgan fingerprint density at radius 2 is 1.78 bits per heavy atom. The van der Waals surface area contributed by atoms with Gasteiger partial charge in [0.05, 0.1) is 11.8 Å². The molecule has 3 rings (SSSR count). The normalized spacial score (nSPS) is 11.0. The first-order valence-electron chi connectivity index (χ1n) is 7.25. The molecule has 4 heteroatoms. The Balaban J connectivity index is 1.79. The number of nitrogens with one attached hydrogen (secondary N) is 1. The van der Waals surface area contributed by atoms with E-state index in [1.807, 2.05) is 55.5 Å². The standard InChI is InChI=1S/C19H16N2O2/c1-13-5-4-6-14(9-13)12-20-21-19(23)17-10-15-7-2-3-8-16(15)11-18(17)22/h2-12,22H,1H3,(H,21,23)/b20-12-. The molecule has 0 unspecified atom stereocenters. The number of carbonyl (C=O) groups is 1. The first-order chi connectivity index (χ1) is 11.1. The summed E-state index contributed by atoms with van der Waals surface area (Å²) in [4.78, 5) is 12.2. The predicted octanol–water partition coefficient (Wildman–Crippen LogP) is 3.62. The summed E-state index contributed by atoms with van der Waals surface area (Å²) < 4.78 is 0. The van der Waals surface area contributed by atoms with Crippen molar-refractivity contribution in [3.8, 4) is 5.75 Å². The van der Waals surface area contributed by atoms with Crippen molar-refractivity contribution in [2.75, 3.05) is 0 Å². The van der Waals surface area contributed by atoms with Crippen LogP contribution in [0.5, 0.6) is 5.75 Å². The Morgan fingerprint density at radius 3 is 2.52 bits per heavy atom. The number of aryl methyl sites for hydroxylation is 1. The second-order valence-electron chi connectivity index (χ2n) is 5.33. The van der Waals surface area contributed by atoms with Crippen LogP contribution in [0.1, 0.15) is 21.5 Å². The van der Waals surface area contributed by atoms with Crippen LogP contribution in [0.4, 0.5) is 0 Å². The van der Waals surface area contributed by atoms with Crippen LogP contribution in [0.3, 0.4) is 0 Å². The Morgan fingerprint density at radius 1 is 1.04 bits per heavy atom. The van der Waals surface area contributed by atoms with Crippen LogP contribution >= 0.6 is 0 Å². The van der Waals surface area contributed by atoms with Gasteiger partial charge in [-0.1, -0.05) is 54.1 Å². The molecule has 23 heavy (non-hydrogen) atoms. The smallest absolute Gasteiger partial charge is 0.275 e. The maximum atomic E-state index is 12.2. The van der Waals surface area contributed by atoms with Crippen molar-refractivity contribution >= 4 is 22.9 Å². The molecule has 0 aliphatic carbocycles. The van der Waals surface area contributed by atoms with Gasteiger partial charge in [0.1, 0.15) is 5.75 Å². The number of hydrogen-bond donors (Lipinski definition) is 2. The van der Waals surface area contributed by atoms with Crippen LogP contribution in [0, 0.1) is 6.92 Å². The van der Waals surface area contributed by atoms with Crippen molar-refractivity contribution in [2.45, 2.75) is 6.92 Å². The third kappa shape index (κ3) is 3.37.